The lowest BCUT2D eigenvalue weighted by molar-refractivity contribution is 0.259. The minimum atomic E-state index is 0.876. The van der Waals surface area contributed by atoms with Gasteiger partial charge < -0.3 is 9.64 Å². The Hall–Kier alpha value is -2.19. The molecule has 0 aliphatic carbocycles. The van der Waals surface area contributed by atoms with Crippen LogP contribution in [-0.4, -0.2) is 63.7 Å². The second-order valence-corrected chi connectivity index (χ2v) is 6.90. The fourth-order valence-corrected chi connectivity index (χ4v) is 3.90. The molecule has 0 radical (unpaired) electrons. The van der Waals surface area contributed by atoms with Crippen molar-refractivity contribution in [3.05, 3.63) is 29.6 Å². The lowest BCUT2D eigenvalue weighted by atomic mass is 10.2. The number of rotatable bonds is 5. The van der Waals surface area contributed by atoms with Crippen molar-refractivity contribution in [2.24, 2.45) is 0 Å². The van der Waals surface area contributed by atoms with Crippen LogP contribution in [0.5, 0.6) is 5.75 Å². The molecule has 8 heteroatoms. The van der Waals surface area contributed by atoms with Gasteiger partial charge in [0, 0.05) is 44.8 Å². The number of nitrogens with one attached hydrogen (secondary N) is 1. The molecule has 0 amide bonds. The van der Waals surface area contributed by atoms with E-state index in [9.17, 15) is 0 Å². The van der Waals surface area contributed by atoms with Crippen LogP contribution in [0.15, 0.2) is 18.2 Å². The second-order valence-electron chi connectivity index (χ2n) is 6.37. The van der Waals surface area contributed by atoms with Gasteiger partial charge in [0.25, 0.3) is 0 Å². The van der Waals surface area contributed by atoms with E-state index in [1.54, 1.807) is 7.11 Å². The SMILES string of the molecule is COc1ccc2nsnc2c1N1CCN(CCc2cc(C)[nH]n2)CC1. The van der Waals surface area contributed by atoms with E-state index in [1.807, 2.05) is 19.1 Å². The Morgan fingerprint density at radius 3 is 2.76 bits per heavy atom. The van der Waals surface area contributed by atoms with Gasteiger partial charge in [0.15, 0.2) is 0 Å². The zero-order chi connectivity index (χ0) is 17.2. The third-order valence-electron chi connectivity index (χ3n) is 4.72. The summed E-state index contributed by atoms with van der Waals surface area (Å²) in [5, 5.41) is 7.33. The number of aryl methyl sites for hydroxylation is 1. The van der Waals surface area contributed by atoms with Crippen molar-refractivity contribution < 1.29 is 4.74 Å². The molecule has 3 heterocycles. The number of aromatic nitrogens is 4. The lowest BCUT2D eigenvalue weighted by Gasteiger charge is -2.36. The van der Waals surface area contributed by atoms with Gasteiger partial charge in [0.2, 0.25) is 0 Å². The van der Waals surface area contributed by atoms with Gasteiger partial charge in [-0.1, -0.05) is 0 Å². The summed E-state index contributed by atoms with van der Waals surface area (Å²) in [6.07, 6.45) is 0.985. The summed E-state index contributed by atoms with van der Waals surface area (Å²) in [5.74, 6) is 0.876. The summed E-state index contributed by atoms with van der Waals surface area (Å²) in [4.78, 5) is 4.87. The van der Waals surface area contributed by atoms with Crippen LogP contribution in [0.25, 0.3) is 11.0 Å². The first-order valence-electron chi connectivity index (χ1n) is 8.52. The maximum atomic E-state index is 5.58. The van der Waals surface area contributed by atoms with Crippen LogP contribution in [0.3, 0.4) is 0 Å². The van der Waals surface area contributed by atoms with Crippen LogP contribution in [0.1, 0.15) is 11.4 Å². The molecule has 2 aromatic heterocycles. The van der Waals surface area contributed by atoms with Gasteiger partial charge in [-0.2, -0.15) is 13.8 Å². The summed E-state index contributed by atoms with van der Waals surface area (Å²) in [7, 11) is 1.71. The Morgan fingerprint density at radius 1 is 1.20 bits per heavy atom. The Balaban J connectivity index is 1.42. The summed E-state index contributed by atoms with van der Waals surface area (Å²) >= 11 is 1.26. The number of nitrogens with zero attached hydrogens (tertiary/aromatic N) is 5. The Kier molecular flexibility index (Phi) is 4.54. The largest absolute Gasteiger partial charge is 0.494 e. The minimum absolute atomic E-state index is 0.876. The lowest BCUT2D eigenvalue weighted by Crippen LogP contribution is -2.47. The number of ether oxygens (including phenoxy) is 1. The molecule has 0 bridgehead atoms. The van der Waals surface area contributed by atoms with Crippen LogP contribution in [-0.2, 0) is 6.42 Å². The number of benzene rings is 1. The van der Waals surface area contributed by atoms with Crippen molar-refractivity contribution in [1.82, 2.24) is 23.8 Å². The molecule has 1 aliphatic rings. The van der Waals surface area contributed by atoms with Crippen LogP contribution in [0.4, 0.5) is 5.69 Å². The maximum absolute atomic E-state index is 5.58. The highest BCUT2D eigenvalue weighted by atomic mass is 32.1. The summed E-state index contributed by atoms with van der Waals surface area (Å²) in [6.45, 7) is 7.06. The normalized spacial score (nSPS) is 15.8. The molecule has 1 N–H and O–H groups in total. The number of fused-ring (bicyclic) bond motifs is 1. The number of H-pyrrole nitrogens is 1. The highest BCUT2D eigenvalue weighted by Crippen LogP contribution is 2.35. The molecule has 1 aromatic carbocycles. The van der Waals surface area contributed by atoms with E-state index in [4.69, 9.17) is 4.74 Å². The minimum Gasteiger partial charge on any atom is -0.494 e. The predicted octanol–water partition coefficient (Wildman–Crippen LogP) is 2.10. The monoisotopic (exact) mass is 358 g/mol. The van der Waals surface area contributed by atoms with Crippen molar-refractivity contribution >= 4 is 28.4 Å². The van der Waals surface area contributed by atoms with E-state index in [0.29, 0.717) is 0 Å². The maximum Gasteiger partial charge on any atom is 0.144 e. The average molecular weight is 358 g/mol. The molecule has 0 spiro atoms. The molecule has 4 rings (SSSR count). The quantitative estimate of drug-likeness (QED) is 0.753. The van der Waals surface area contributed by atoms with Crippen LogP contribution in [0.2, 0.25) is 0 Å². The summed E-state index contributed by atoms with van der Waals surface area (Å²) in [5.41, 5.74) is 5.23. The molecule has 132 valence electrons. The number of anilines is 1. The fraction of sp³-hybridized carbons (Fsp3) is 0.471. The Morgan fingerprint density at radius 2 is 2.04 bits per heavy atom. The standard InChI is InChI=1S/C17H22N6OS/c1-12-11-13(19-18-12)5-6-22-7-9-23(10-8-22)17-15(24-2)4-3-14-16(17)21-25-20-14/h3-4,11H,5-10H2,1-2H3,(H,18,19). The average Bonchev–Trinajstić information content (AvgIpc) is 3.28. The van der Waals surface area contributed by atoms with E-state index < -0.39 is 0 Å². The van der Waals surface area contributed by atoms with Crippen LogP contribution in [0, 0.1) is 6.92 Å². The molecule has 1 aliphatic heterocycles. The summed E-state index contributed by atoms with van der Waals surface area (Å²) in [6, 6.07) is 6.09. The van der Waals surface area contributed by atoms with E-state index in [-0.39, 0.29) is 0 Å². The van der Waals surface area contributed by atoms with Gasteiger partial charge in [-0.25, -0.2) is 0 Å². The highest BCUT2D eigenvalue weighted by Gasteiger charge is 2.23. The highest BCUT2D eigenvalue weighted by molar-refractivity contribution is 7.00. The molecule has 25 heavy (non-hydrogen) atoms. The first kappa shape index (κ1) is 16.3. The number of piperazine rings is 1. The molecule has 0 saturated carbocycles. The number of aromatic amines is 1. The van der Waals surface area contributed by atoms with Gasteiger partial charge in [-0.3, -0.25) is 10.00 Å². The van der Waals surface area contributed by atoms with Crippen molar-refractivity contribution in [2.45, 2.75) is 13.3 Å². The molecule has 3 aromatic rings. The Labute approximate surface area is 150 Å². The van der Waals surface area contributed by atoms with Crippen molar-refractivity contribution in [2.75, 3.05) is 44.7 Å². The van der Waals surface area contributed by atoms with Crippen molar-refractivity contribution in [3.8, 4) is 5.75 Å². The number of hydrogen-bond donors (Lipinski definition) is 1. The van der Waals surface area contributed by atoms with Gasteiger partial charge in [-0.15, -0.1) is 0 Å². The third kappa shape index (κ3) is 3.32. The van der Waals surface area contributed by atoms with Crippen LogP contribution >= 0.6 is 11.7 Å². The van der Waals surface area contributed by atoms with Gasteiger partial charge in [-0.05, 0) is 25.1 Å². The molecule has 0 atom stereocenters. The third-order valence-corrected chi connectivity index (χ3v) is 5.26. The van der Waals surface area contributed by atoms with Gasteiger partial charge >= 0.3 is 0 Å². The van der Waals surface area contributed by atoms with Crippen molar-refractivity contribution in [3.63, 3.8) is 0 Å². The van der Waals surface area contributed by atoms with Crippen molar-refractivity contribution in [1.29, 1.82) is 0 Å². The zero-order valence-electron chi connectivity index (χ0n) is 14.5. The molecule has 1 saturated heterocycles. The first-order chi connectivity index (χ1) is 12.2. The Bertz CT molecular complexity index is 852. The molecular formula is C17H22N6OS. The van der Waals surface area contributed by atoms with E-state index in [1.165, 1.54) is 11.7 Å². The zero-order valence-corrected chi connectivity index (χ0v) is 15.3. The first-order valence-corrected chi connectivity index (χ1v) is 9.25. The predicted molar refractivity (Wildman–Crippen MR) is 99.6 cm³/mol. The smallest absolute Gasteiger partial charge is 0.144 e. The number of methoxy groups -OCH3 is 1. The van der Waals surface area contributed by atoms with E-state index in [0.717, 1.165) is 73.0 Å². The molecule has 0 unspecified atom stereocenters. The molecule has 1 fully saturated rings. The van der Waals surface area contributed by atoms with E-state index >= 15 is 0 Å². The fourth-order valence-electron chi connectivity index (χ4n) is 3.36. The van der Waals surface area contributed by atoms with Gasteiger partial charge in [0.05, 0.1) is 24.5 Å². The molecule has 7 nitrogen and oxygen atoms in total. The second kappa shape index (κ2) is 6.97. The number of hydrogen-bond acceptors (Lipinski definition) is 7. The molecular weight excluding hydrogens is 336 g/mol. The summed E-state index contributed by atoms with van der Waals surface area (Å²) < 4.78 is 14.4. The van der Waals surface area contributed by atoms with Crippen LogP contribution < -0.4 is 9.64 Å². The van der Waals surface area contributed by atoms with E-state index in [2.05, 4.69) is 34.8 Å². The van der Waals surface area contributed by atoms with Gasteiger partial charge in [0.1, 0.15) is 22.5 Å². The topological polar surface area (TPSA) is 70.2 Å².